The molecule has 0 aromatic heterocycles. The van der Waals surface area contributed by atoms with Gasteiger partial charge in [0, 0.05) is 12.1 Å². The minimum absolute atomic E-state index is 0.0523. The third-order valence-electron chi connectivity index (χ3n) is 3.30. The fourth-order valence-electron chi connectivity index (χ4n) is 1.91. The molecule has 1 aliphatic rings. The monoisotopic (exact) mass is 292 g/mol. The van der Waals surface area contributed by atoms with Crippen LogP contribution in [0.5, 0.6) is 0 Å². The fourth-order valence-corrected chi connectivity index (χ4v) is 3.55. The van der Waals surface area contributed by atoms with Crippen molar-refractivity contribution < 1.29 is 23.1 Å². The molecule has 0 aromatic rings. The average Bonchev–Trinajstić information content (AvgIpc) is 2.25. The van der Waals surface area contributed by atoms with Gasteiger partial charge in [0.25, 0.3) is 0 Å². The summed E-state index contributed by atoms with van der Waals surface area (Å²) >= 11 is 0. The van der Waals surface area contributed by atoms with Gasteiger partial charge in [-0.15, -0.1) is 0 Å². The molecule has 1 heterocycles. The number of carboxylic acid groups (broad SMARTS) is 1. The second kappa shape index (κ2) is 6.23. The number of rotatable bonds is 4. The van der Waals surface area contributed by atoms with Crippen LogP contribution in [-0.4, -0.2) is 49.1 Å². The highest BCUT2D eigenvalue weighted by atomic mass is 32.2. The molecule has 0 aliphatic carbocycles. The van der Waals surface area contributed by atoms with Crippen LogP contribution in [0.15, 0.2) is 0 Å². The first-order valence-electron chi connectivity index (χ1n) is 6.21. The summed E-state index contributed by atoms with van der Waals surface area (Å²) in [5, 5.41) is 13.9. The van der Waals surface area contributed by atoms with E-state index in [9.17, 15) is 18.0 Å². The molecule has 110 valence electrons. The van der Waals surface area contributed by atoms with Crippen molar-refractivity contribution in [3.8, 4) is 0 Å². The number of carbonyl (C=O) groups is 2. The maximum absolute atomic E-state index is 11.6. The second-order valence-corrected chi connectivity index (χ2v) is 7.22. The van der Waals surface area contributed by atoms with Gasteiger partial charge in [0.1, 0.15) is 0 Å². The van der Waals surface area contributed by atoms with E-state index in [4.69, 9.17) is 5.11 Å². The van der Waals surface area contributed by atoms with Gasteiger partial charge in [-0.1, -0.05) is 0 Å². The zero-order valence-electron chi connectivity index (χ0n) is 11.0. The van der Waals surface area contributed by atoms with Gasteiger partial charge < -0.3 is 15.7 Å². The number of carboxylic acids is 1. The number of carbonyl (C=O) groups excluding carboxylic acids is 1. The molecule has 0 aromatic carbocycles. The first-order valence-corrected chi connectivity index (χ1v) is 8.03. The predicted molar refractivity (Wildman–Crippen MR) is 69.6 cm³/mol. The summed E-state index contributed by atoms with van der Waals surface area (Å²) in [5.41, 5.74) is 0. The smallest absolute Gasteiger partial charge is 0.315 e. The average molecular weight is 292 g/mol. The van der Waals surface area contributed by atoms with Gasteiger partial charge in [-0.3, -0.25) is 4.79 Å². The molecule has 0 radical (unpaired) electrons. The van der Waals surface area contributed by atoms with E-state index >= 15 is 0 Å². The summed E-state index contributed by atoms with van der Waals surface area (Å²) in [6.07, 6.45) is 1.16. The van der Waals surface area contributed by atoms with Gasteiger partial charge in [0.05, 0.1) is 17.4 Å². The summed E-state index contributed by atoms with van der Waals surface area (Å²) in [5.74, 6) is -1.59. The lowest BCUT2D eigenvalue weighted by Crippen LogP contribution is -2.51. The van der Waals surface area contributed by atoms with Crippen LogP contribution in [0.1, 0.15) is 26.7 Å². The van der Waals surface area contributed by atoms with Crippen LogP contribution in [-0.2, 0) is 14.6 Å². The third-order valence-corrected chi connectivity index (χ3v) is 5.12. The second-order valence-electron chi connectivity index (χ2n) is 4.99. The SMILES string of the molecule is CC(NC(=O)NC1CCCS(=O)(=O)C1)C(C)C(=O)O. The Hall–Kier alpha value is -1.31. The molecule has 1 rings (SSSR count). The van der Waals surface area contributed by atoms with Crippen molar-refractivity contribution in [2.45, 2.75) is 38.8 Å². The van der Waals surface area contributed by atoms with Crippen LogP contribution in [0, 0.1) is 5.92 Å². The van der Waals surface area contributed by atoms with Crippen LogP contribution >= 0.6 is 0 Å². The molecule has 3 N–H and O–H groups in total. The van der Waals surface area contributed by atoms with Crippen molar-refractivity contribution in [2.75, 3.05) is 11.5 Å². The van der Waals surface area contributed by atoms with E-state index in [1.54, 1.807) is 6.92 Å². The number of hydrogen-bond donors (Lipinski definition) is 3. The lowest BCUT2D eigenvalue weighted by molar-refractivity contribution is -0.141. The zero-order chi connectivity index (χ0) is 14.6. The van der Waals surface area contributed by atoms with Crippen molar-refractivity contribution in [3.05, 3.63) is 0 Å². The van der Waals surface area contributed by atoms with Crippen LogP contribution in [0.4, 0.5) is 4.79 Å². The first-order chi connectivity index (χ1) is 8.71. The largest absolute Gasteiger partial charge is 0.481 e. The van der Waals surface area contributed by atoms with Crippen molar-refractivity contribution >= 4 is 21.8 Å². The maximum atomic E-state index is 11.6. The van der Waals surface area contributed by atoms with Gasteiger partial charge in [0.15, 0.2) is 9.84 Å². The summed E-state index contributed by atoms with van der Waals surface area (Å²) < 4.78 is 22.8. The Morgan fingerprint density at radius 3 is 2.47 bits per heavy atom. The number of hydrogen-bond acceptors (Lipinski definition) is 4. The van der Waals surface area contributed by atoms with Gasteiger partial charge in [0.2, 0.25) is 0 Å². The van der Waals surface area contributed by atoms with E-state index in [-0.39, 0.29) is 11.5 Å². The van der Waals surface area contributed by atoms with Gasteiger partial charge in [-0.2, -0.15) is 0 Å². The summed E-state index contributed by atoms with van der Waals surface area (Å²) in [7, 11) is -3.07. The lowest BCUT2D eigenvalue weighted by atomic mass is 10.0. The van der Waals surface area contributed by atoms with E-state index < -0.39 is 39.8 Å². The standard InChI is InChI=1S/C11H20N2O5S/c1-7(10(14)15)8(2)12-11(16)13-9-4-3-5-19(17,18)6-9/h7-9H,3-6H2,1-2H3,(H,14,15)(H2,12,13,16). The predicted octanol–water partition coefficient (Wildman–Crippen LogP) is -0.0280. The van der Waals surface area contributed by atoms with Crippen molar-refractivity contribution in [1.82, 2.24) is 10.6 Å². The normalized spacial score (nSPS) is 25.1. The number of urea groups is 1. The molecular formula is C11H20N2O5S. The Bertz CT molecular complexity index is 448. The molecular weight excluding hydrogens is 272 g/mol. The van der Waals surface area contributed by atoms with Crippen molar-refractivity contribution in [2.24, 2.45) is 5.92 Å². The highest BCUT2D eigenvalue weighted by Crippen LogP contribution is 2.12. The minimum Gasteiger partial charge on any atom is -0.481 e. The van der Waals surface area contributed by atoms with Crippen LogP contribution < -0.4 is 10.6 Å². The highest BCUT2D eigenvalue weighted by Gasteiger charge is 2.27. The van der Waals surface area contributed by atoms with Gasteiger partial charge in [-0.25, -0.2) is 13.2 Å². The number of aliphatic carboxylic acids is 1. The summed E-state index contributed by atoms with van der Waals surface area (Å²) in [4.78, 5) is 22.4. The van der Waals surface area contributed by atoms with Crippen LogP contribution in [0.3, 0.4) is 0 Å². The molecule has 1 saturated heterocycles. The molecule has 3 unspecified atom stereocenters. The molecule has 3 atom stereocenters. The van der Waals surface area contributed by atoms with E-state index in [1.807, 2.05) is 0 Å². The number of nitrogens with one attached hydrogen (secondary N) is 2. The van der Waals surface area contributed by atoms with Gasteiger partial charge in [-0.05, 0) is 26.7 Å². The van der Waals surface area contributed by atoms with E-state index in [2.05, 4.69) is 10.6 Å². The Kier molecular flexibility index (Phi) is 5.16. The van der Waals surface area contributed by atoms with Crippen molar-refractivity contribution in [3.63, 3.8) is 0 Å². The maximum Gasteiger partial charge on any atom is 0.315 e. The summed E-state index contributed by atoms with van der Waals surface area (Å²) in [6.45, 7) is 3.09. The first kappa shape index (κ1) is 15.7. The molecule has 19 heavy (non-hydrogen) atoms. The molecule has 0 saturated carbocycles. The Labute approximate surface area is 112 Å². The molecule has 8 heteroatoms. The Balaban J connectivity index is 2.45. The summed E-state index contributed by atoms with van der Waals surface area (Å²) in [6, 6.07) is -1.45. The van der Waals surface area contributed by atoms with Crippen LogP contribution in [0.25, 0.3) is 0 Å². The molecule has 2 amide bonds. The molecule has 1 fully saturated rings. The molecule has 0 bridgehead atoms. The number of sulfone groups is 1. The van der Waals surface area contributed by atoms with E-state index in [0.717, 1.165) is 0 Å². The fraction of sp³-hybridized carbons (Fsp3) is 0.818. The Morgan fingerprint density at radius 1 is 1.32 bits per heavy atom. The topological polar surface area (TPSA) is 113 Å². The van der Waals surface area contributed by atoms with Gasteiger partial charge >= 0.3 is 12.0 Å². The Morgan fingerprint density at radius 2 is 1.95 bits per heavy atom. The minimum atomic E-state index is -3.07. The highest BCUT2D eigenvalue weighted by molar-refractivity contribution is 7.91. The van der Waals surface area contributed by atoms with E-state index in [0.29, 0.717) is 12.8 Å². The van der Waals surface area contributed by atoms with Crippen molar-refractivity contribution in [1.29, 1.82) is 0 Å². The molecule has 7 nitrogen and oxygen atoms in total. The number of amides is 2. The molecule has 0 spiro atoms. The third kappa shape index (κ3) is 5.06. The molecule has 1 aliphatic heterocycles. The quantitative estimate of drug-likeness (QED) is 0.673. The zero-order valence-corrected chi connectivity index (χ0v) is 11.9. The van der Waals surface area contributed by atoms with E-state index in [1.165, 1.54) is 6.92 Å². The lowest BCUT2D eigenvalue weighted by Gasteiger charge is -2.25. The van der Waals surface area contributed by atoms with Crippen LogP contribution in [0.2, 0.25) is 0 Å².